The SMILES string of the molecule is CC(C(=O)O)C1CN(C(=O)/C=C/c2ccc(Br)s2)C1. The molecule has 0 radical (unpaired) electrons. The van der Waals surface area contributed by atoms with Crippen LogP contribution in [0.3, 0.4) is 0 Å². The van der Waals surface area contributed by atoms with E-state index in [-0.39, 0.29) is 17.7 Å². The van der Waals surface area contributed by atoms with Crippen molar-refractivity contribution in [2.75, 3.05) is 13.1 Å². The van der Waals surface area contributed by atoms with Gasteiger partial charge in [-0.15, -0.1) is 11.3 Å². The lowest BCUT2D eigenvalue weighted by molar-refractivity contribution is -0.148. The predicted octanol–water partition coefficient (Wildman–Crippen LogP) is 2.70. The second-order valence-electron chi connectivity index (χ2n) is 4.61. The standard InChI is InChI=1S/C13H14BrNO3S/c1-8(13(17)18)9-6-15(7-9)12(16)5-3-10-2-4-11(14)19-10/h2-5,8-9H,6-7H2,1H3,(H,17,18)/b5-3+. The summed E-state index contributed by atoms with van der Waals surface area (Å²) in [4.78, 5) is 25.3. The Morgan fingerprint density at radius 1 is 1.53 bits per heavy atom. The molecule has 1 unspecified atom stereocenters. The number of thiophene rings is 1. The summed E-state index contributed by atoms with van der Waals surface area (Å²) in [7, 11) is 0. The van der Waals surface area contributed by atoms with Gasteiger partial charge in [-0.25, -0.2) is 0 Å². The quantitative estimate of drug-likeness (QED) is 0.855. The molecule has 1 saturated heterocycles. The van der Waals surface area contributed by atoms with Crippen molar-refractivity contribution in [2.45, 2.75) is 6.92 Å². The van der Waals surface area contributed by atoms with Crippen LogP contribution in [0, 0.1) is 11.8 Å². The van der Waals surface area contributed by atoms with Crippen molar-refractivity contribution in [3.63, 3.8) is 0 Å². The molecule has 1 N–H and O–H groups in total. The highest BCUT2D eigenvalue weighted by atomic mass is 79.9. The molecule has 2 heterocycles. The number of nitrogens with zero attached hydrogens (tertiary/aromatic N) is 1. The fourth-order valence-electron chi connectivity index (χ4n) is 1.89. The van der Waals surface area contributed by atoms with Crippen molar-refractivity contribution >= 4 is 45.2 Å². The molecule has 6 heteroatoms. The van der Waals surface area contributed by atoms with E-state index in [2.05, 4.69) is 15.9 Å². The third-order valence-corrected chi connectivity index (χ3v) is 4.89. The summed E-state index contributed by atoms with van der Waals surface area (Å²) < 4.78 is 1.03. The molecule has 4 nitrogen and oxygen atoms in total. The number of carboxylic acid groups (broad SMARTS) is 1. The molecule has 2 rings (SSSR count). The zero-order chi connectivity index (χ0) is 14.0. The minimum Gasteiger partial charge on any atom is -0.481 e. The van der Waals surface area contributed by atoms with Crippen LogP contribution in [-0.2, 0) is 9.59 Å². The molecule has 0 aromatic carbocycles. The van der Waals surface area contributed by atoms with Gasteiger partial charge in [0.2, 0.25) is 5.91 Å². The molecule has 102 valence electrons. The van der Waals surface area contributed by atoms with Crippen molar-refractivity contribution in [3.05, 3.63) is 26.9 Å². The van der Waals surface area contributed by atoms with Crippen LogP contribution in [0.2, 0.25) is 0 Å². The highest BCUT2D eigenvalue weighted by Gasteiger charge is 2.36. The first-order valence-electron chi connectivity index (χ1n) is 5.92. The Labute approximate surface area is 123 Å². The van der Waals surface area contributed by atoms with E-state index < -0.39 is 5.97 Å². The smallest absolute Gasteiger partial charge is 0.306 e. The first-order valence-corrected chi connectivity index (χ1v) is 7.53. The van der Waals surface area contributed by atoms with Crippen molar-refractivity contribution in [1.82, 2.24) is 4.90 Å². The van der Waals surface area contributed by atoms with Crippen LogP contribution in [0.25, 0.3) is 6.08 Å². The molecular weight excluding hydrogens is 330 g/mol. The van der Waals surface area contributed by atoms with Gasteiger partial charge in [-0.1, -0.05) is 6.92 Å². The number of amides is 1. The maximum Gasteiger partial charge on any atom is 0.306 e. The lowest BCUT2D eigenvalue weighted by atomic mass is 9.87. The Kier molecular flexibility index (Phi) is 4.42. The van der Waals surface area contributed by atoms with E-state index in [9.17, 15) is 9.59 Å². The van der Waals surface area contributed by atoms with Gasteiger partial charge in [-0.2, -0.15) is 0 Å². The number of rotatable bonds is 4. The second kappa shape index (κ2) is 5.88. The number of carbonyl (C=O) groups is 2. The first-order chi connectivity index (χ1) is 8.97. The van der Waals surface area contributed by atoms with Crippen molar-refractivity contribution in [3.8, 4) is 0 Å². The Morgan fingerprint density at radius 2 is 2.21 bits per heavy atom. The Hall–Kier alpha value is -1.14. The first kappa shape index (κ1) is 14.3. The molecule has 1 aromatic heterocycles. The van der Waals surface area contributed by atoms with E-state index in [4.69, 9.17) is 5.11 Å². The van der Waals surface area contributed by atoms with Crippen LogP contribution >= 0.6 is 27.3 Å². The average molecular weight is 344 g/mol. The summed E-state index contributed by atoms with van der Waals surface area (Å²) in [5.41, 5.74) is 0. The van der Waals surface area contributed by atoms with Gasteiger partial charge in [0.1, 0.15) is 0 Å². The van der Waals surface area contributed by atoms with Gasteiger partial charge in [-0.3, -0.25) is 9.59 Å². The number of hydrogen-bond acceptors (Lipinski definition) is 3. The summed E-state index contributed by atoms with van der Waals surface area (Å²) in [6.45, 7) is 2.75. The number of halogens is 1. The second-order valence-corrected chi connectivity index (χ2v) is 7.10. The largest absolute Gasteiger partial charge is 0.481 e. The number of carboxylic acids is 1. The zero-order valence-electron chi connectivity index (χ0n) is 10.4. The van der Waals surface area contributed by atoms with Gasteiger partial charge in [-0.05, 0) is 34.1 Å². The highest BCUT2D eigenvalue weighted by Crippen LogP contribution is 2.25. The van der Waals surface area contributed by atoms with Gasteiger partial charge in [0.25, 0.3) is 0 Å². The van der Waals surface area contributed by atoms with Crippen LogP contribution in [0.15, 0.2) is 22.0 Å². The summed E-state index contributed by atoms with van der Waals surface area (Å²) >= 11 is 4.92. The molecule has 1 amide bonds. The fraction of sp³-hybridized carbons (Fsp3) is 0.385. The van der Waals surface area contributed by atoms with Gasteiger partial charge in [0.05, 0.1) is 9.70 Å². The minimum absolute atomic E-state index is 0.0571. The van der Waals surface area contributed by atoms with Crippen LogP contribution in [0.4, 0.5) is 0 Å². The Bertz CT molecular complexity index is 520. The monoisotopic (exact) mass is 343 g/mol. The van der Waals surface area contributed by atoms with Crippen molar-refractivity contribution < 1.29 is 14.7 Å². The molecule has 0 saturated carbocycles. The van der Waals surface area contributed by atoms with Crippen LogP contribution < -0.4 is 0 Å². The van der Waals surface area contributed by atoms with Crippen LogP contribution in [0.1, 0.15) is 11.8 Å². The number of likely N-dealkylation sites (tertiary alicyclic amines) is 1. The van der Waals surface area contributed by atoms with E-state index in [1.807, 2.05) is 12.1 Å². The summed E-state index contributed by atoms with van der Waals surface area (Å²) in [5.74, 6) is -1.17. The van der Waals surface area contributed by atoms with Gasteiger partial charge in [0, 0.05) is 30.0 Å². The molecule has 1 aromatic rings. The summed E-state index contributed by atoms with van der Waals surface area (Å²) in [5, 5.41) is 8.88. The molecule has 1 fully saturated rings. The molecule has 0 aliphatic carbocycles. The molecular formula is C13H14BrNO3S. The summed E-state index contributed by atoms with van der Waals surface area (Å²) in [6, 6.07) is 3.87. The average Bonchev–Trinajstić information content (AvgIpc) is 2.70. The highest BCUT2D eigenvalue weighted by molar-refractivity contribution is 9.11. The predicted molar refractivity (Wildman–Crippen MR) is 77.9 cm³/mol. The van der Waals surface area contributed by atoms with E-state index in [1.54, 1.807) is 35.3 Å². The lowest BCUT2D eigenvalue weighted by Crippen LogP contribution is -2.53. The van der Waals surface area contributed by atoms with E-state index >= 15 is 0 Å². The Morgan fingerprint density at radius 3 is 2.74 bits per heavy atom. The number of hydrogen-bond donors (Lipinski definition) is 1. The maximum atomic E-state index is 11.8. The van der Waals surface area contributed by atoms with Gasteiger partial charge >= 0.3 is 5.97 Å². The van der Waals surface area contributed by atoms with Gasteiger partial charge < -0.3 is 10.0 Å². The van der Waals surface area contributed by atoms with E-state index in [0.717, 1.165) is 8.66 Å². The molecule has 1 aliphatic rings. The van der Waals surface area contributed by atoms with Crippen molar-refractivity contribution in [2.24, 2.45) is 11.8 Å². The normalized spacial score (nSPS) is 17.5. The third kappa shape index (κ3) is 3.45. The third-order valence-electron chi connectivity index (χ3n) is 3.30. The minimum atomic E-state index is -0.795. The molecule has 19 heavy (non-hydrogen) atoms. The van der Waals surface area contributed by atoms with Gasteiger partial charge in [0.15, 0.2) is 0 Å². The fourth-order valence-corrected chi connectivity index (χ4v) is 3.21. The molecule has 0 spiro atoms. The number of aliphatic carboxylic acids is 1. The van der Waals surface area contributed by atoms with Crippen LogP contribution in [-0.4, -0.2) is 35.0 Å². The van der Waals surface area contributed by atoms with E-state index in [1.165, 1.54) is 0 Å². The maximum absolute atomic E-state index is 11.8. The zero-order valence-corrected chi connectivity index (χ0v) is 12.8. The molecule has 0 bridgehead atoms. The number of carbonyl (C=O) groups excluding carboxylic acids is 1. The van der Waals surface area contributed by atoms with E-state index in [0.29, 0.717) is 13.1 Å². The summed E-state index contributed by atoms with van der Waals surface area (Å²) in [6.07, 6.45) is 3.33. The molecule has 1 atom stereocenters. The van der Waals surface area contributed by atoms with Crippen LogP contribution in [0.5, 0.6) is 0 Å². The van der Waals surface area contributed by atoms with Crippen molar-refractivity contribution in [1.29, 1.82) is 0 Å². The topological polar surface area (TPSA) is 57.6 Å². The Balaban J connectivity index is 1.83. The lowest BCUT2D eigenvalue weighted by Gasteiger charge is -2.40. The molecule has 1 aliphatic heterocycles.